The minimum Gasteiger partial charge on any atom is 4.00 e. The van der Waals surface area contributed by atoms with Crippen LogP contribution < -0.4 is 0 Å². The van der Waals surface area contributed by atoms with E-state index < -0.39 is 42.9 Å². The molecule has 0 spiro atoms. The average Bonchev–Trinajstić information content (AvgIpc) is 3.27. The van der Waals surface area contributed by atoms with Crippen molar-refractivity contribution in [1.29, 1.82) is 126 Å². The first-order chi connectivity index (χ1) is 23.9. The van der Waals surface area contributed by atoms with E-state index in [-0.39, 0.29) is 78.6 Å². The molecule has 0 aromatic heterocycles. The molecule has 31 heteroatoms. The summed E-state index contributed by atoms with van der Waals surface area (Å²) in [7, 11) is -24.7. The van der Waals surface area contributed by atoms with Crippen molar-refractivity contribution in [2.24, 2.45) is 0 Å². The minimum atomic E-state index is -6.17. The zero-order valence-electron chi connectivity index (χ0n) is 25.6. The zero-order valence-corrected chi connectivity index (χ0v) is 37.4. The molecule has 0 saturated carbocycles. The van der Waals surface area contributed by atoms with Crippen LogP contribution in [0.2, 0.25) is 0 Å². The molecule has 0 saturated heterocycles. The van der Waals surface area contributed by atoms with Crippen LogP contribution >= 0.6 is 0 Å². The van der Waals surface area contributed by atoms with Crippen molar-refractivity contribution in [3.63, 3.8) is 0 Å². The van der Waals surface area contributed by atoms with E-state index in [0.29, 0.717) is 0 Å². The van der Waals surface area contributed by atoms with Crippen molar-refractivity contribution in [3.8, 4) is 119 Å². The van der Waals surface area contributed by atoms with Crippen molar-refractivity contribution in [3.05, 3.63) is 0 Å². The van der Waals surface area contributed by atoms with Gasteiger partial charge in [-0.05, 0) is 0 Å². The standard InChI is InChI=1S/24CN.4Fe.3Zr/c24*1-2;;;;;;;/q;;;;;;;;;;;;;;;;;;;;;;;;4*-3;3*+4. The zero-order chi connectivity index (χ0) is 42.6. The summed E-state index contributed by atoms with van der Waals surface area (Å²) in [5.74, 6) is 0. The van der Waals surface area contributed by atoms with Crippen molar-refractivity contribution in [1.82, 2.24) is 0 Å². The largest absolute Gasteiger partial charge is 4.00 e. The maximum Gasteiger partial charge on any atom is 4.00 e. The summed E-state index contributed by atoms with van der Waals surface area (Å²) in [5.41, 5.74) is 0. The third-order valence-corrected chi connectivity index (χ3v) is 19.6. The molecule has 0 aromatic rings. The summed E-state index contributed by atoms with van der Waals surface area (Å²) in [6.07, 6.45) is 0. The Hall–Kier alpha value is -7.51. The van der Waals surface area contributed by atoms with Crippen LogP contribution in [0.4, 0.5) is 0 Å². The Morgan fingerprint density at radius 3 is 0.164 bits per heavy atom. The van der Waals surface area contributed by atoms with Gasteiger partial charge >= 0.3 is 367 Å². The minimum absolute atomic E-state index is 0. The van der Waals surface area contributed by atoms with Crippen molar-refractivity contribution < 1.29 is 122 Å². The molecule has 0 aliphatic rings. The average molecular weight is 1120 g/mol. The molecular formula is C24Fe4N24Zr3. The predicted octanol–water partition coefficient (Wildman–Crippen LogP) is 0.385. The van der Waals surface area contributed by atoms with E-state index in [4.69, 9.17) is 126 Å². The second kappa shape index (κ2) is 16.4. The van der Waals surface area contributed by atoms with Gasteiger partial charge in [-0.2, -0.15) is 0 Å². The third-order valence-electron chi connectivity index (χ3n) is 4.74. The summed E-state index contributed by atoms with van der Waals surface area (Å²) in [4.78, 5) is 24.8. The molecule has 55 heavy (non-hydrogen) atoms. The normalized spacial score (nSPS) is 12.7. The van der Waals surface area contributed by atoms with Crippen molar-refractivity contribution in [2.45, 2.75) is 0 Å². The molecule has 0 aliphatic carbocycles. The van der Waals surface area contributed by atoms with Crippen LogP contribution in [0.5, 0.6) is 0 Å². The molecule has 0 rings (SSSR count). The van der Waals surface area contributed by atoms with E-state index in [1.54, 1.807) is 0 Å². The molecule has 0 N–H and O–H groups in total. The Labute approximate surface area is 362 Å². The Morgan fingerprint density at radius 2 is 0.164 bits per heavy atom. The molecule has 0 unspecified atom stereocenters. The molecule has 24 nitrogen and oxygen atoms in total. The van der Waals surface area contributed by atoms with Crippen molar-refractivity contribution >= 4 is 0 Å². The van der Waals surface area contributed by atoms with Gasteiger partial charge in [0.05, 0.1) is 0 Å². The summed E-state index contributed by atoms with van der Waals surface area (Å²) in [6.45, 7) is 0. The quantitative estimate of drug-likeness (QED) is 0.296. The van der Waals surface area contributed by atoms with Crippen LogP contribution in [0.25, 0.3) is 0 Å². The molecule has 0 bridgehead atoms. The monoisotopic (exact) mass is 1120 g/mol. The van der Waals surface area contributed by atoms with Crippen LogP contribution in [0.3, 0.4) is 0 Å². The van der Waals surface area contributed by atoms with Gasteiger partial charge in [-0.3, -0.25) is 0 Å². The third kappa shape index (κ3) is 7.27. The first-order valence-corrected chi connectivity index (χ1v) is 22.9. The van der Waals surface area contributed by atoms with Crippen LogP contribution in [0.15, 0.2) is 0 Å². The van der Waals surface area contributed by atoms with E-state index in [9.17, 15) is 0 Å². The summed E-state index contributed by atoms with van der Waals surface area (Å²) in [6, 6.07) is 0. The topological polar surface area (TPSA) is 571 Å². The summed E-state index contributed by atoms with van der Waals surface area (Å²) < 4.78 is 0. The smallest absolute Gasteiger partial charge is 4.00 e. The van der Waals surface area contributed by atoms with E-state index in [1.165, 1.54) is 0 Å². The van der Waals surface area contributed by atoms with Gasteiger partial charge < -0.3 is 0 Å². The summed E-state index contributed by atoms with van der Waals surface area (Å²) in [5, 5.41) is 206. The molecule has 0 amide bonds. The summed E-state index contributed by atoms with van der Waals surface area (Å²) >= 11 is 0. The van der Waals surface area contributed by atoms with Gasteiger partial charge in [0, 0.05) is 0 Å². The maximum absolute atomic E-state index is 8.58. The molecule has 0 heterocycles. The Morgan fingerprint density at radius 1 is 0.127 bits per heavy atom. The predicted molar refractivity (Wildman–Crippen MR) is 135 cm³/mol. The molecular weight excluding hydrogens is 1120 g/mol. The molecule has 0 radical (unpaired) electrons. The van der Waals surface area contributed by atoms with E-state index >= 15 is 0 Å². The fourth-order valence-corrected chi connectivity index (χ4v) is 4.37. The Kier molecular flexibility index (Phi) is 18.7. The van der Waals surface area contributed by atoms with Gasteiger partial charge in [0.2, 0.25) is 0 Å². The van der Waals surface area contributed by atoms with Gasteiger partial charge in [-0.1, -0.05) is 0 Å². The van der Waals surface area contributed by atoms with Gasteiger partial charge in [0.25, 0.3) is 0 Å². The first kappa shape index (κ1) is 62.6. The second-order valence-corrected chi connectivity index (χ2v) is 29.7. The molecule has 260 valence electrons. The second-order valence-electron chi connectivity index (χ2n) is 7.20. The number of nitriles is 24. The fourth-order valence-electron chi connectivity index (χ4n) is 1.06. The fraction of sp³-hybridized carbons (Fsp3) is 0. The van der Waals surface area contributed by atoms with Gasteiger partial charge in [-0.15, -0.1) is 0 Å². The van der Waals surface area contributed by atoms with E-state index in [2.05, 4.69) is 0 Å². The molecule has 0 fully saturated rings. The SMILES string of the molecule is N#[C][Fe-3]([C]#N)([C]#N)([C]#N)([C]#N)[C]#N.N#[C][Fe-3]([C]#N)([C]#N)([C]#N)([C]#N)[C]#N.N#[C][Fe-3]([C]#N)([C]#N)([C]#N)([C]#N)[C]#N.N#[C][Fe-3]([C]#N)([C]#N)([C]#N)([C]#N)[C]#N.[Zr+4].[Zr+4].[Zr+4]. The van der Waals surface area contributed by atoms with Crippen LogP contribution in [-0.4, -0.2) is 0 Å². The van der Waals surface area contributed by atoms with Crippen LogP contribution in [-0.2, 0) is 122 Å². The number of hydrogen-bond donors (Lipinski definition) is 0. The number of hydrogen-bond acceptors (Lipinski definition) is 24. The molecule has 0 aliphatic heterocycles. The van der Waals surface area contributed by atoms with Gasteiger partial charge in [0.1, 0.15) is 0 Å². The molecule has 0 aromatic carbocycles. The van der Waals surface area contributed by atoms with Crippen LogP contribution in [0.1, 0.15) is 0 Å². The number of rotatable bonds is 0. The number of nitrogens with zero attached hydrogens (tertiary/aromatic N) is 24. The van der Waals surface area contributed by atoms with E-state index in [1.807, 2.05) is 0 Å². The van der Waals surface area contributed by atoms with Crippen molar-refractivity contribution in [2.75, 3.05) is 0 Å². The van der Waals surface area contributed by atoms with Crippen LogP contribution in [0, 0.1) is 246 Å². The Bertz CT molecular complexity index is 1970. The van der Waals surface area contributed by atoms with E-state index in [0.717, 1.165) is 119 Å². The first-order valence-electron chi connectivity index (χ1n) is 9.61. The maximum atomic E-state index is 8.58. The van der Waals surface area contributed by atoms with Gasteiger partial charge in [0.15, 0.2) is 0 Å². The van der Waals surface area contributed by atoms with Gasteiger partial charge in [-0.25, -0.2) is 0 Å². The Balaban J connectivity index is -0.000000110. The molecule has 0 atom stereocenters.